The van der Waals surface area contributed by atoms with Crippen LogP contribution in [0.3, 0.4) is 0 Å². The molecule has 1 heteroatoms. The molecule has 1 aromatic rings. The molecule has 2 unspecified atom stereocenters. The molecule has 0 radical (unpaired) electrons. The van der Waals surface area contributed by atoms with E-state index < -0.39 is 0 Å². The molecule has 0 bridgehead atoms. The van der Waals surface area contributed by atoms with Crippen LogP contribution in [0.1, 0.15) is 30.4 Å². The molecule has 0 saturated heterocycles. The summed E-state index contributed by atoms with van der Waals surface area (Å²) in [6.45, 7) is 2.06. The van der Waals surface area contributed by atoms with E-state index in [1.54, 1.807) is 0 Å². The van der Waals surface area contributed by atoms with E-state index in [0.717, 1.165) is 12.7 Å². The lowest BCUT2D eigenvalue weighted by Gasteiger charge is -2.16. The minimum Gasteiger partial charge on any atom is -0.303 e. The van der Waals surface area contributed by atoms with Gasteiger partial charge in [-0.25, -0.2) is 0 Å². The second-order valence-corrected chi connectivity index (χ2v) is 3.72. The molecule has 2 rings (SSSR count). The summed E-state index contributed by atoms with van der Waals surface area (Å²) in [5.74, 6) is 0.434. The quantitative estimate of drug-likeness (QED) is 0.663. The molecule has 0 aromatic heterocycles. The predicted molar refractivity (Wildman–Crippen MR) is 58.1 cm³/mol. The molecule has 0 aliphatic heterocycles. The highest BCUT2D eigenvalue weighted by Crippen LogP contribution is 2.35. The number of benzene rings is 1. The maximum absolute atomic E-state index is 10.9. The van der Waals surface area contributed by atoms with Gasteiger partial charge in [-0.3, -0.25) is 0 Å². The van der Waals surface area contributed by atoms with Gasteiger partial charge in [0.25, 0.3) is 0 Å². The molecule has 1 aliphatic carbocycles. The van der Waals surface area contributed by atoms with Crippen LogP contribution in [0.5, 0.6) is 0 Å². The molecule has 1 aromatic carbocycles. The lowest BCUT2D eigenvalue weighted by atomic mass is 9.87. The summed E-state index contributed by atoms with van der Waals surface area (Å²) in [7, 11) is 0. The van der Waals surface area contributed by atoms with Gasteiger partial charge in [-0.2, -0.15) is 0 Å². The molecule has 0 saturated carbocycles. The molecule has 0 N–H and O–H groups in total. The highest BCUT2D eigenvalue weighted by atomic mass is 16.1. The number of aldehydes is 1. The molecule has 72 valence electrons. The van der Waals surface area contributed by atoms with Crippen LogP contribution in [-0.2, 0) is 4.79 Å². The molecule has 0 heterocycles. The van der Waals surface area contributed by atoms with Crippen molar-refractivity contribution in [1.82, 2.24) is 0 Å². The standard InChI is InChI=1S/C13H14O/c1-2-10(9-14)13-8-7-11-5-3-4-6-12(11)13/h3-10,13H,2H2,1H3. The van der Waals surface area contributed by atoms with Gasteiger partial charge in [-0.15, -0.1) is 0 Å². The van der Waals surface area contributed by atoms with E-state index in [1.165, 1.54) is 11.1 Å². The molecule has 0 amide bonds. The molecule has 2 atom stereocenters. The number of fused-ring (bicyclic) bond motifs is 1. The first-order valence-electron chi connectivity index (χ1n) is 5.09. The van der Waals surface area contributed by atoms with E-state index in [0.29, 0.717) is 5.92 Å². The predicted octanol–water partition coefficient (Wildman–Crippen LogP) is 3.02. The van der Waals surface area contributed by atoms with E-state index in [1.807, 2.05) is 12.1 Å². The Labute approximate surface area is 84.5 Å². The SMILES string of the molecule is CCC(C=O)C1C=Cc2ccccc21. The van der Waals surface area contributed by atoms with Crippen LogP contribution in [0.15, 0.2) is 30.3 Å². The summed E-state index contributed by atoms with van der Waals surface area (Å²) < 4.78 is 0. The summed E-state index contributed by atoms with van der Waals surface area (Å²) in [6, 6.07) is 8.29. The van der Waals surface area contributed by atoms with Gasteiger partial charge in [0.05, 0.1) is 0 Å². The first kappa shape index (κ1) is 9.20. The van der Waals surface area contributed by atoms with Gasteiger partial charge in [-0.05, 0) is 17.5 Å². The largest absolute Gasteiger partial charge is 0.303 e. The van der Waals surface area contributed by atoms with Gasteiger partial charge < -0.3 is 4.79 Å². The van der Waals surface area contributed by atoms with E-state index in [2.05, 4.69) is 31.2 Å². The second kappa shape index (κ2) is 3.79. The third-order valence-electron chi connectivity index (χ3n) is 2.95. The van der Waals surface area contributed by atoms with Crippen molar-refractivity contribution in [2.45, 2.75) is 19.3 Å². The molecule has 1 aliphatic rings. The average Bonchev–Trinajstić information content (AvgIpc) is 2.65. The highest BCUT2D eigenvalue weighted by molar-refractivity contribution is 5.67. The number of hydrogen-bond acceptors (Lipinski definition) is 1. The summed E-state index contributed by atoms with van der Waals surface area (Å²) in [5.41, 5.74) is 2.56. The fourth-order valence-electron chi connectivity index (χ4n) is 2.09. The first-order chi connectivity index (χ1) is 6.86. The fourth-order valence-corrected chi connectivity index (χ4v) is 2.09. The van der Waals surface area contributed by atoms with Crippen molar-refractivity contribution in [3.8, 4) is 0 Å². The van der Waals surface area contributed by atoms with Crippen molar-refractivity contribution in [2.75, 3.05) is 0 Å². The number of carbonyl (C=O) groups excluding carboxylic acids is 1. The average molecular weight is 186 g/mol. The third kappa shape index (κ3) is 1.39. The normalized spacial score (nSPS) is 20.5. The molecule has 0 fully saturated rings. The van der Waals surface area contributed by atoms with Crippen LogP contribution >= 0.6 is 0 Å². The molecular weight excluding hydrogens is 172 g/mol. The number of hydrogen-bond donors (Lipinski definition) is 0. The van der Waals surface area contributed by atoms with E-state index in [9.17, 15) is 4.79 Å². The van der Waals surface area contributed by atoms with Crippen molar-refractivity contribution >= 4 is 12.4 Å². The van der Waals surface area contributed by atoms with Gasteiger partial charge in [0.1, 0.15) is 6.29 Å². The maximum Gasteiger partial charge on any atom is 0.123 e. The lowest BCUT2D eigenvalue weighted by molar-refractivity contribution is -0.111. The molecule has 1 nitrogen and oxygen atoms in total. The number of allylic oxidation sites excluding steroid dienone is 1. The summed E-state index contributed by atoms with van der Waals surface area (Å²) in [6.07, 6.45) is 6.25. The van der Waals surface area contributed by atoms with Gasteiger partial charge in [-0.1, -0.05) is 43.3 Å². The van der Waals surface area contributed by atoms with Crippen LogP contribution in [-0.4, -0.2) is 6.29 Å². The molecular formula is C13H14O. The Balaban J connectivity index is 2.34. The van der Waals surface area contributed by atoms with Crippen molar-refractivity contribution in [3.05, 3.63) is 41.5 Å². The van der Waals surface area contributed by atoms with E-state index >= 15 is 0 Å². The van der Waals surface area contributed by atoms with E-state index in [4.69, 9.17) is 0 Å². The van der Waals surface area contributed by atoms with Crippen LogP contribution in [0.4, 0.5) is 0 Å². The summed E-state index contributed by atoms with van der Waals surface area (Å²) in [5, 5.41) is 0. The number of rotatable bonds is 3. The summed E-state index contributed by atoms with van der Waals surface area (Å²) >= 11 is 0. The minimum absolute atomic E-state index is 0.134. The van der Waals surface area contributed by atoms with Crippen LogP contribution in [0.2, 0.25) is 0 Å². The Morgan fingerprint density at radius 2 is 2.21 bits per heavy atom. The lowest BCUT2D eigenvalue weighted by Crippen LogP contribution is -2.10. The number of carbonyl (C=O) groups is 1. The van der Waals surface area contributed by atoms with Crippen molar-refractivity contribution < 1.29 is 4.79 Å². The zero-order valence-electron chi connectivity index (χ0n) is 8.31. The Bertz CT molecular complexity index is 365. The fraction of sp³-hybridized carbons (Fsp3) is 0.308. The van der Waals surface area contributed by atoms with Gasteiger partial charge >= 0.3 is 0 Å². The van der Waals surface area contributed by atoms with Gasteiger partial charge in [0.15, 0.2) is 0 Å². The monoisotopic (exact) mass is 186 g/mol. The third-order valence-corrected chi connectivity index (χ3v) is 2.95. The van der Waals surface area contributed by atoms with Crippen molar-refractivity contribution in [2.24, 2.45) is 5.92 Å². The zero-order valence-corrected chi connectivity index (χ0v) is 8.31. The Kier molecular flexibility index (Phi) is 2.49. The minimum atomic E-state index is 0.134. The zero-order chi connectivity index (χ0) is 9.97. The Morgan fingerprint density at radius 1 is 1.43 bits per heavy atom. The topological polar surface area (TPSA) is 17.1 Å². The van der Waals surface area contributed by atoms with Crippen LogP contribution in [0.25, 0.3) is 6.08 Å². The van der Waals surface area contributed by atoms with Gasteiger partial charge in [0, 0.05) is 11.8 Å². The Hall–Kier alpha value is -1.37. The highest BCUT2D eigenvalue weighted by Gasteiger charge is 2.23. The van der Waals surface area contributed by atoms with Crippen molar-refractivity contribution in [3.63, 3.8) is 0 Å². The first-order valence-corrected chi connectivity index (χ1v) is 5.09. The Morgan fingerprint density at radius 3 is 2.93 bits per heavy atom. The van der Waals surface area contributed by atoms with Crippen LogP contribution in [0, 0.1) is 5.92 Å². The molecule has 0 spiro atoms. The molecule has 14 heavy (non-hydrogen) atoms. The summed E-state index contributed by atoms with van der Waals surface area (Å²) in [4.78, 5) is 10.9. The smallest absolute Gasteiger partial charge is 0.123 e. The van der Waals surface area contributed by atoms with Crippen molar-refractivity contribution in [1.29, 1.82) is 0 Å². The maximum atomic E-state index is 10.9. The van der Waals surface area contributed by atoms with E-state index in [-0.39, 0.29) is 5.92 Å². The second-order valence-electron chi connectivity index (χ2n) is 3.72. The van der Waals surface area contributed by atoms with Gasteiger partial charge in [0.2, 0.25) is 0 Å². The van der Waals surface area contributed by atoms with Crippen LogP contribution < -0.4 is 0 Å².